The van der Waals surface area contributed by atoms with E-state index in [4.69, 9.17) is 14.4 Å². The molecule has 3 N–H and O–H groups in total. The van der Waals surface area contributed by atoms with Crippen LogP contribution < -0.4 is 5.32 Å². The van der Waals surface area contributed by atoms with E-state index in [1.165, 1.54) is 17.2 Å². The van der Waals surface area contributed by atoms with Crippen LogP contribution in [-0.2, 0) is 24.1 Å². The Hall–Kier alpha value is -4.95. The molecule has 6 rings (SSSR count). The molecule has 6 aromatic rings. The van der Waals surface area contributed by atoms with Crippen LogP contribution in [0.1, 0.15) is 28.1 Å². The summed E-state index contributed by atoms with van der Waals surface area (Å²) in [7, 11) is 0. The number of rotatable bonds is 7. The van der Waals surface area contributed by atoms with Crippen LogP contribution in [-0.4, -0.2) is 32.4 Å². The molecule has 0 spiro atoms. The normalized spacial score (nSPS) is 11.8. The van der Waals surface area contributed by atoms with E-state index < -0.39 is 23.9 Å². The molecule has 7 nitrogen and oxygen atoms in total. The number of thiophene rings is 1. The fourth-order valence-corrected chi connectivity index (χ4v) is 5.75. The first-order valence-corrected chi connectivity index (χ1v) is 14.8. The van der Waals surface area contributed by atoms with Gasteiger partial charge in [0.15, 0.2) is 0 Å². The first-order valence-electron chi connectivity index (χ1n) is 14.0. The summed E-state index contributed by atoms with van der Waals surface area (Å²) < 4.78 is 76.2. The Morgan fingerprint density at radius 2 is 1.55 bits per heavy atom. The molecular formula is C33H26F6N4O3S. The third kappa shape index (κ3) is 8.07. The highest BCUT2D eigenvalue weighted by Gasteiger charge is 2.38. The van der Waals surface area contributed by atoms with Gasteiger partial charge in [0.25, 0.3) is 0 Å². The number of aromatic nitrogens is 3. The number of carboxylic acid groups (broad SMARTS) is 1. The smallest absolute Gasteiger partial charge is 0.475 e. The Balaban J connectivity index is 0.000000559. The molecule has 0 aliphatic heterocycles. The van der Waals surface area contributed by atoms with Gasteiger partial charge in [-0.25, -0.2) is 9.78 Å². The molecule has 14 heteroatoms. The van der Waals surface area contributed by atoms with Gasteiger partial charge in [0, 0.05) is 23.5 Å². The summed E-state index contributed by atoms with van der Waals surface area (Å²) in [6.45, 7) is 5.34. The molecule has 3 heterocycles. The monoisotopic (exact) mass is 672 g/mol. The molecule has 244 valence electrons. The fraction of sp³-hybridized carbons (Fsp3) is 0.182. The number of hydrogen-bond acceptors (Lipinski definition) is 6. The van der Waals surface area contributed by atoms with Crippen LogP contribution in [0.5, 0.6) is 0 Å². The van der Waals surface area contributed by atoms with Crippen molar-refractivity contribution >= 4 is 28.3 Å². The van der Waals surface area contributed by atoms with E-state index in [2.05, 4.69) is 62.9 Å². The quantitative estimate of drug-likeness (QED) is 0.146. The third-order valence-electron chi connectivity index (χ3n) is 7.04. The lowest BCUT2D eigenvalue weighted by atomic mass is 10.0. The summed E-state index contributed by atoms with van der Waals surface area (Å²) in [5, 5.41) is 14.7. The van der Waals surface area contributed by atoms with Gasteiger partial charge in [-0.05, 0) is 72.5 Å². The Labute approximate surface area is 267 Å². The van der Waals surface area contributed by atoms with Gasteiger partial charge in [-0.2, -0.15) is 26.3 Å². The Morgan fingerprint density at radius 3 is 2.19 bits per heavy atom. The lowest BCUT2D eigenvalue weighted by molar-refractivity contribution is -0.192. The van der Waals surface area contributed by atoms with Gasteiger partial charge in [-0.1, -0.05) is 47.6 Å². The minimum absolute atomic E-state index is 0.368. The standard InChI is InChI=1S/C31H25F3N4OS.C2HF3O2/c1-18-29(19(2)39-38-18)23-5-3-4-21(14-23)17-35-16-20-6-8-22(9-7-20)27-12-13-28(40-27)30-36-25-11-10-24(31(32,33)34)15-26(25)37-30;3-2(4,5)1(6)7/h3-15,35H,16-17H2,1-2H3,(H,36,37);(H,6,7). The van der Waals surface area contributed by atoms with E-state index in [1.54, 1.807) is 11.3 Å². The second-order valence-electron chi connectivity index (χ2n) is 10.5. The number of imidazole rings is 1. The van der Waals surface area contributed by atoms with Crippen LogP contribution in [0.4, 0.5) is 26.3 Å². The minimum Gasteiger partial charge on any atom is -0.475 e. The van der Waals surface area contributed by atoms with E-state index in [-0.39, 0.29) is 0 Å². The van der Waals surface area contributed by atoms with Crippen LogP contribution in [0.15, 0.2) is 83.4 Å². The number of nitrogens with one attached hydrogen (secondary N) is 2. The zero-order valence-corrected chi connectivity index (χ0v) is 25.6. The number of hydrogen-bond donors (Lipinski definition) is 3. The summed E-state index contributed by atoms with van der Waals surface area (Å²) in [5.74, 6) is -1.38. The lowest BCUT2D eigenvalue weighted by Gasteiger charge is -2.08. The molecule has 0 bridgehead atoms. The highest BCUT2D eigenvalue weighted by atomic mass is 32.1. The maximum atomic E-state index is 13.1. The third-order valence-corrected chi connectivity index (χ3v) is 8.18. The summed E-state index contributed by atoms with van der Waals surface area (Å²) in [6, 6.07) is 24.2. The maximum absolute atomic E-state index is 13.1. The number of benzene rings is 3. The van der Waals surface area contributed by atoms with Crippen LogP contribution in [0.25, 0.3) is 43.3 Å². The van der Waals surface area contributed by atoms with Gasteiger partial charge in [-0.3, -0.25) is 0 Å². The highest BCUT2D eigenvalue weighted by molar-refractivity contribution is 7.18. The summed E-state index contributed by atoms with van der Waals surface area (Å²) in [5.41, 5.74) is 6.63. The number of nitrogens with zero attached hydrogens (tertiary/aromatic N) is 2. The van der Waals surface area contributed by atoms with Crippen molar-refractivity contribution in [3.05, 3.63) is 107 Å². The molecule has 0 saturated carbocycles. The molecule has 0 aliphatic rings. The van der Waals surface area contributed by atoms with Gasteiger partial charge in [0.05, 0.1) is 27.2 Å². The second kappa shape index (κ2) is 13.4. The number of fused-ring (bicyclic) bond motifs is 1. The molecule has 0 saturated heterocycles. The average Bonchev–Trinajstić information content (AvgIpc) is 3.75. The second-order valence-corrected chi connectivity index (χ2v) is 11.6. The van der Waals surface area contributed by atoms with Gasteiger partial charge >= 0.3 is 18.3 Å². The molecular weight excluding hydrogens is 646 g/mol. The van der Waals surface area contributed by atoms with E-state index in [0.29, 0.717) is 16.9 Å². The van der Waals surface area contributed by atoms with E-state index >= 15 is 0 Å². The van der Waals surface area contributed by atoms with Crippen molar-refractivity contribution in [1.29, 1.82) is 0 Å². The van der Waals surface area contributed by atoms with Crippen molar-refractivity contribution in [3.8, 4) is 32.3 Å². The number of carbonyl (C=O) groups is 1. The molecule has 0 radical (unpaired) electrons. The van der Waals surface area contributed by atoms with Crippen LogP contribution >= 0.6 is 11.3 Å². The lowest BCUT2D eigenvalue weighted by Crippen LogP contribution is -2.21. The SMILES string of the molecule is Cc1noc(C)c1-c1cccc(CNCc2ccc(-c3ccc(-c4nc5ccc(C(F)(F)F)cc5[nH]4)s3)cc2)c1.O=C(O)C(F)(F)F. The van der Waals surface area contributed by atoms with Crippen LogP contribution in [0.3, 0.4) is 0 Å². The van der Waals surface area contributed by atoms with Crippen molar-refractivity contribution in [2.45, 2.75) is 39.3 Å². The van der Waals surface area contributed by atoms with Gasteiger partial charge in [-0.15, -0.1) is 11.3 Å². The zero-order valence-electron chi connectivity index (χ0n) is 24.8. The van der Waals surface area contributed by atoms with Gasteiger partial charge < -0.3 is 19.9 Å². The number of halogens is 6. The van der Waals surface area contributed by atoms with E-state index in [1.807, 2.05) is 32.0 Å². The number of aryl methyl sites for hydroxylation is 2. The predicted molar refractivity (Wildman–Crippen MR) is 165 cm³/mol. The number of aliphatic carboxylic acids is 1. The fourth-order valence-electron chi connectivity index (χ4n) is 4.79. The Bertz CT molecular complexity index is 1990. The number of carboxylic acids is 1. The topological polar surface area (TPSA) is 104 Å². The largest absolute Gasteiger partial charge is 0.490 e. The van der Waals surface area contributed by atoms with Gasteiger partial charge in [0.2, 0.25) is 0 Å². The number of alkyl halides is 6. The molecule has 0 aliphatic carbocycles. The van der Waals surface area contributed by atoms with Crippen LogP contribution in [0, 0.1) is 13.8 Å². The Kier molecular flexibility index (Phi) is 9.54. The predicted octanol–water partition coefficient (Wildman–Crippen LogP) is 9.17. The number of aromatic amines is 1. The average molecular weight is 673 g/mol. The van der Waals surface area contributed by atoms with Crippen molar-refractivity contribution in [2.24, 2.45) is 0 Å². The summed E-state index contributed by atoms with van der Waals surface area (Å²) in [6.07, 6.45) is -9.47. The maximum Gasteiger partial charge on any atom is 0.490 e. The first kappa shape index (κ1) is 33.4. The summed E-state index contributed by atoms with van der Waals surface area (Å²) in [4.78, 5) is 18.3. The van der Waals surface area contributed by atoms with Gasteiger partial charge in [0.1, 0.15) is 11.6 Å². The molecule has 3 aromatic carbocycles. The zero-order chi connectivity index (χ0) is 33.9. The summed E-state index contributed by atoms with van der Waals surface area (Å²) >= 11 is 1.54. The number of H-pyrrole nitrogens is 1. The van der Waals surface area contributed by atoms with E-state index in [0.717, 1.165) is 63.1 Å². The molecule has 0 fully saturated rings. The molecule has 0 amide bonds. The Morgan fingerprint density at radius 1 is 0.872 bits per heavy atom. The molecule has 47 heavy (non-hydrogen) atoms. The molecule has 0 unspecified atom stereocenters. The van der Waals surface area contributed by atoms with E-state index in [9.17, 15) is 26.3 Å². The van der Waals surface area contributed by atoms with Crippen molar-refractivity contribution in [2.75, 3.05) is 0 Å². The highest BCUT2D eigenvalue weighted by Crippen LogP contribution is 2.36. The minimum atomic E-state index is -5.08. The molecule has 0 atom stereocenters. The van der Waals surface area contributed by atoms with Crippen molar-refractivity contribution in [3.63, 3.8) is 0 Å². The van der Waals surface area contributed by atoms with Crippen LogP contribution in [0.2, 0.25) is 0 Å². The molecule has 3 aromatic heterocycles. The van der Waals surface area contributed by atoms with Crippen molar-refractivity contribution in [1.82, 2.24) is 20.4 Å². The van der Waals surface area contributed by atoms with Crippen molar-refractivity contribution < 1.29 is 40.8 Å². The first-order chi connectivity index (χ1) is 22.2.